The standard InChI is InChI=1S/C2H4N4S.ClH.Se/c3-2(4)6-5-1-7;;/h(H4,3,4,6);1H;. The molecule has 0 heterocycles. The van der Waals surface area contributed by atoms with Crippen molar-refractivity contribution in [2.24, 2.45) is 21.7 Å². The normalized spacial score (nSPS) is 4.89. The van der Waals surface area contributed by atoms with Crippen LogP contribution in [0.3, 0.4) is 0 Å². The maximum atomic E-state index is 4.83. The summed E-state index contributed by atoms with van der Waals surface area (Å²) in [5.74, 6) is -0.114. The van der Waals surface area contributed by atoms with Crippen LogP contribution in [0.25, 0.3) is 0 Å². The smallest absolute Gasteiger partial charge is 0.212 e. The van der Waals surface area contributed by atoms with Crippen LogP contribution in [0.1, 0.15) is 0 Å². The molecule has 0 aliphatic heterocycles. The summed E-state index contributed by atoms with van der Waals surface area (Å²) in [6.07, 6.45) is 0. The van der Waals surface area contributed by atoms with Gasteiger partial charge in [-0.3, -0.25) is 0 Å². The Morgan fingerprint density at radius 3 is 2.00 bits per heavy atom. The predicted molar refractivity (Wildman–Crippen MR) is 43.8 cm³/mol. The van der Waals surface area contributed by atoms with Gasteiger partial charge in [-0.25, -0.2) is 0 Å². The minimum Gasteiger partial charge on any atom is -0.369 e. The molecule has 7 heteroatoms. The zero-order valence-corrected chi connectivity index (χ0v) is 7.62. The van der Waals surface area contributed by atoms with E-state index in [1.807, 2.05) is 5.16 Å². The molecule has 0 bridgehead atoms. The molecule has 0 aliphatic rings. The minimum atomic E-state index is -0.114. The van der Waals surface area contributed by atoms with E-state index in [0.717, 1.165) is 0 Å². The van der Waals surface area contributed by atoms with Crippen molar-refractivity contribution in [2.45, 2.75) is 0 Å². The van der Waals surface area contributed by atoms with Gasteiger partial charge in [0.15, 0.2) is 0 Å². The molecule has 52 valence electrons. The second-order valence-corrected chi connectivity index (χ2v) is 0.899. The fourth-order valence-electron chi connectivity index (χ4n) is 0.0781. The number of halogens is 1. The summed E-state index contributed by atoms with van der Waals surface area (Å²) in [6, 6.07) is 0. The van der Waals surface area contributed by atoms with E-state index in [9.17, 15) is 0 Å². The third-order valence-corrected chi connectivity index (χ3v) is 0.288. The molecule has 4 N–H and O–H groups in total. The summed E-state index contributed by atoms with van der Waals surface area (Å²) < 4.78 is 0. The van der Waals surface area contributed by atoms with E-state index in [1.54, 1.807) is 0 Å². The largest absolute Gasteiger partial charge is 0.369 e. The molecule has 0 spiro atoms. The molecule has 0 aliphatic carbocycles. The average molecular weight is 232 g/mol. The Bertz CT molecular complexity index is 127. The van der Waals surface area contributed by atoms with E-state index in [-0.39, 0.29) is 35.4 Å². The van der Waals surface area contributed by atoms with Gasteiger partial charge in [0.25, 0.3) is 0 Å². The van der Waals surface area contributed by atoms with Gasteiger partial charge in [-0.2, -0.15) is 0 Å². The summed E-state index contributed by atoms with van der Waals surface area (Å²) in [5.41, 5.74) is 9.65. The van der Waals surface area contributed by atoms with Crippen molar-refractivity contribution >= 4 is 52.8 Å². The Morgan fingerprint density at radius 1 is 1.44 bits per heavy atom. The van der Waals surface area contributed by atoms with Crippen LogP contribution < -0.4 is 11.5 Å². The van der Waals surface area contributed by atoms with E-state index >= 15 is 0 Å². The number of nitrogens with zero attached hydrogens (tertiary/aromatic N) is 2. The summed E-state index contributed by atoms with van der Waals surface area (Å²) in [7, 11) is 0. The number of hydrogen-bond donors (Lipinski definition) is 2. The molecule has 9 heavy (non-hydrogen) atoms. The Balaban J connectivity index is -0.000000180. The van der Waals surface area contributed by atoms with Gasteiger partial charge >= 0.3 is 0 Å². The summed E-state index contributed by atoms with van der Waals surface area (Å²) in [6.45, 7) is 0. The van der Waals surface area contributed by atoms with Crippen molar-refractivity contribution in [1.82, 2.24) is 0 Å². The zero-order chi connectivity index (χ0) is 5.70. The van der Waals surface area contributed by atoms with Crippen molar-refractivity contribution in [3.05, 3.63) is 0 Å². The first-order chi connectivity index (χ1) is 3.27. The monoisotopic (exact) mass is 232 g/mol. The minimum absolute atomic E-state index is 0. The Labute approximate surface area is 74.7 Å². The molecule has 0 saturated heterocycles. The quantitative estimate of drug-likeness (QED) is 0.206. The van der Waals surface area contributed by atoms with Crippen LogP contribution in [-0.4, -0.2) is 28.2 Å². The topological polar surface area (TPSA) is 76.8 Å². The molecule has 0 aromatic heterocycles. The van der Waals surface area contributed by atoms with Gasteiger partial charge in [0.1, 0.15) is 0 Å². The fourth-order valence-corrected chi connectivity index (χ4v) is 0.119. The molecule has 0 rings (SSSR count). The van der Waals surface area contributed by atoms with Crippen LogP contribution in [-0.2, 0) is 0 Å². The van der Waals surface area contributed by atoms with Crippen LogP contribution in [0.5, 0.6) is 0 Å². The molecule has 0 atom stereocenters. The average Bonchev–Trinajstić information content (AvgIpc) is 1.61. The van der Waals surface area contributed by atoms with E-state index in [4.69, 9.17) is 11.5 Å². The second kappa shape index (κ2) is 10.8. The number of thiocarbonyl (C=S) groups is 1. The molecule has 0 amide bonds. The van der Waals surface area contributed by atoms with Gasteiger partial charge in [0, 0.05) is 17.1 Å². The number of nitrogens with two attached hydrogens (primary N) is 2. The fraction of sp³-hybridized carbons (Fsp3) is 0. The predicted octanol–water partition coefficient (Wildman–Crippen LogP) is -0.681. The van der Waals surface area contributed by atoms with Gasteiger partial charge in [-0.05, 0) is 12.2 Å². The van der Waals surface area contributed by atoms with Gasteiger partial charge in [-0.15, -0.1) is 17.5 Å². The van der Waals surface area contributed by atoms with Crippen LogP contribution in [0.2, 0.25) is 0 Å². The van der Waals surface area contributed by atoms with Crippen molar-refractivity contribution in [3.8, 4) is 0 Å². The van der Waals surface area contributed by atoms with E-state index in [0.29, 0.717) is 0 Å². The van der Waals surface area contributed by atoms with Crippen LogP contribution in [0.15, 0.2) is 10.2 Å². The number of isothiocyanates is 1. The first kappa shape index (κ1) is 15.9. The Morgan fingerprint density at radius 2 is 1.89 bits per heavy atom. The maximum absolute atomic E-state index is 4.83. The van der Waals surface area contributed by atoms with Gasteiger partial charge in [0.2, 0.25) is 5.96 Å². The van der Waals surface area contributed by atoms with Crippen molar-refractivity contribution < 1.29 is 0 Å². The van der Waals surface area contributed by atoms with Gasteiger partial charge in [0.05, 0.1) is 5.16 Å². The summed E-state index contributed by atoms with van der Waals surface area (Å²) in [5, 5.41) is 8.16. The summed E-state index contributed by atoms with van der Waals surface area (Å²) >= 11 is 4.14. The van der Waals surface area contributed by atoms with Crippen molar-refractivity contribution in [2.75, 3.05) is 0 Å². The zero-order valence-electron chi connectivity index (χ0n) is 4.27. The third-order valence-electron chi connectivity index (χ3n) is 0.206. The Kier molecular flexibility index (Phi) is 19.1. The maximum Gasteiger partial charge on any atom is 0.212 e. The molecule has 0 unspecified atom stereocenters. The number of guanidine groups is 1. The molecular formula is C2H5ClN4SSe. The molecule has 4 nitrogen and oxygen atoms in total. The molecule has 0 aromatic carbocycles. The molecular weight excluding hydrogens is 227 g/mol. The third kappa shape index (κ3) is 18.1. The first-order valence-electron chi connectivity index (χ1n) is 1.43. The van der Waals surface area contributed by atoms with Gasteiger partial charge < -0.3 is 11.5 Å². The van der Waals surface area contributed by atoms with E-state index < -0.39 is 0 Å². The first-order valence-corrected chi connectivity index (χ1v) is 1.84. The van der Waals surface area contributed by atoms with E-state index in [2.05, 4.69) is 22.4 Å². The molecule has 0 saturated carbocycles. The number of hydrogen-bond acceptors (Lipinski definition) is 3. The van der Waals surface area contributed by atoms with Crippen LogP contribution in [0.4, 0.5) is 0 Å². The van der Waals surface area contributed by atoms with Crippen molar-refractivity contribution in [1.29, 1.82) is 0 Å². The molecule has 2 radical (unpaired) electrons. The van der Waals surface area contributed by atoms with E-state index in [1.165, 1.54) is 0 Å². The van der Waals surface area contributed by atoms with Gasteiger partial charge in [-0.1, -0.05) is 5.10 Å². The summed E-state index contributed by atoms with van der Waals surface area (Å²) in [4.78, 5) is 0. The van der Waals surface area contributed by atoms with Crippen LogP contribution in [0, 0.1) is 0 Å². The Hall–Kier alpha value is -0.121. The second-order valence-electron chi connectivity index (χ2n) is 0.716. The van der Waals surface area contributed by atoms with Crippen LogP contribution >= 0.6 is 24.6 Å². The molecule has 0 aromatic rings. The molecule has 0 fully saturated rings. The number of rotatable bonds is 1. The van der Waals surface area contributed by atoms with Crippen molar-refractivity contribution in [3.63, 3.8) is 0 Å². The SMILES string of the molecule is Cl.NC(N)=NN=C=S.[Se].